The second-order valence-electron chi connectivity index (χ2n) is 8.43. The molecular weight excluding hydrogens is 489 g/mol. The van der Waals surface area contributed by atoms with E-state index in [1.807, 2.05) is 17.0 Å². The number of halogens is 1. The van der Waals surface area contributed by atoms with E-state index in [9.17, 15) is 4.79 Å². The van der Waals surface area contributed by atoms with Crippen LogP contribution in [0.15, 0.2) is 29.3 Å². The maximum atomic E-state index is 12.5. The van der Waals surface area contributed by atoms with Crippen molar-refractivity contribution in [3.05, 3.63) is 35.4 Å². The van der Waals surface area contributed by atoms with Gasteiger partial charge < -0.3 is 20.4 Å². The SMILES string of the molecule is CN=C(NCCCC(=O)N1Cc2ccccc2C1)NCCCN1CCC(C)CC1.I. The lowest BCUT2D eigenvalue weighted by Crippen LogP contribution is -2.40. The normalized spacial score (nSPS) is 17.4. The zero-order chi connectivity index (χ0) is 20.5. The number of fused-ring (bicyclic) bond motifs is 1. The summed E-state index contributed by atoms with van der Waals surface area (Å²) in [5, 5.41) is 6.72. The molecule has 2 aliphatic heterocycles. The molecule has 1 saturated heterocycles. The molecule has 30 heavy (non-hydrogen) atoms. The Labute approximate surface area is 198 Å². The third-order valence-electron chi connectivity index (χ3n) is 6.10. The Balaban J connectivity index is 0.00000320. The molecule has 0 aliphatic carbocycles. The number of nitrogens with one attached hydrogen (secondary N) is 2. The molecule has 1 aromatic carbocycles. The van der Waals surface area contributed by atoms with Gasteiger partial charge in [0, 0.05) is 39.6 Å². The molecule has 1 amide bonds. The first-order valence-electron chi connectivity index (χ1n) is 11.2. The van der Waals surface area contributed by atoms with E-state index in [2.05, 4.69) is 39.6 Å². The van der Waals surface area contributed by atoms with Gasteiger partial charge in [-0.3, -0.25) is 9.79 Å². The molecule has 1 aromatic rings. The Morgan fingerprint density at radius 1 is 1.07 bits per heavy atom. The third kappa shape index (κ3) is 7.72. The molecule has 0 saturated carbocycles. The van der Waals surface area contributed by atoms with Crippen LogP contribution in [0.1, 0.15) is 50.2 Å². The molecule has 168 valence electrons. The molecule has 6 nitrogen and oxygen atoms in total. The number of aliphatic imine (C=N–C) groups is 1. The van der Waals surface area contributed by atoms with Gasteiger partial charge in [-0.15, -0.1) is 24.0 Å². The van der Waals surface area contributed by atoms with Crippen molar-refractivity contribution in [3.8, 4) is 0 Å². The van der Waals surface area contributed by atoms with Crippen LogP contribution in [0.2, 0.25) is 0 Å². The average Bonchev–Trinajstić information content (AvgIpc) is 3.18. The highest BCUT2D eigenvalue weighted by Crippen LogP contribution is 2.22. The summed E-state index contributed by atoms with van der Waals surface area (Å²) in [5.41, 5.74) is 2.56. The topological polar surface area (TPSA) is 60.0 Å². The van der Waals surface area contributed by atoms with Crippen LogP contribution in [0.25, 0.3) is 0 Å². The molecule has 0 unspecified atom stereocenters. The Hall–Kier alpha value is -1.35. The smallest absolute Gasteiger partial charge is 0.223 e. The van der Waals surface area contributed by atoms with E-state index in [1.165, 1.54) is 37.1 Å². The minimum absolute atomic E-state index is 0. The van der Waals surface area contributed by atoms with Gasteiger partial charge in [0.15, 0.2) is 5.96 Å². The third-order valence-corrected chi connectivity index (χ3v) is 6.10. The van der Waals surface area contributed by atoms with E-state index in [-0.39, 0.29) is 29.9 Å². The molecule has 1 fully saturated rings. The molecule has 0 atom stereocenters. The highest BCUT2D eigenvalue weighted by molar-refractivity contribution is 14.0. The molecule has 0 bridgehead atoms. The van der Waals surface area contributed by atoms with Crippen molar-refractivity contribution in [2.24, 2.45) is 10.9 Å². The Bertz CT molecular complexity index is 663. The second-order valence-corrected chi connectivity index (χ2v) is 8.43. The molecule has 0 radical (unpaired) electrons. The van der Waals surface area contributed by atoms with Gasteiger partial charge in [0.1, 0.15) is 0 Å². The second kappa shape index (κ2) is 13.1. The summed E-state index contributed by atoms with van der Waals surface area (Å²) in [7, 11) is 1.80. The van der Waals surface area contributed by atoms with Crippen molar-refractivity contribution in [3.63, 3.8) is 0 Å². The van der Waals surface area contributed by atoms with Crippen LogP contribution in [0.5, 0.6) is 0 Å². The van der Waals surface area contributed by atoms with Crippen LogP contribution in [0, 0.1) is 5.92 Å². The lowest BCUT2D eigenvalue weighted by molar-refractivity contribution is -0.131. The number of benzene rings is 1. The Morgan fingerprint density at radius 3 is 2.27 bits per heavy atom. The van der Waals surface area contributed by atoms with Crippen LogP contribution in [0.3, 0.4) is 0 Å². The molecule has 0 spiro atoms. The maximum absolute atomic E-state index is 12.5. The summed E-state index contributed by atoms with van der Waals surface area (Å²) in [4.78, 5) is 21.3. The van der Waals surface area contributed by atoms with Gasteiger partial charge in [-0.2, -0.15) is 0 Å². The number of hydrogen-bond acceptors (Lipinski definition) is 3. The number of likely N-dealkylation sites (tertiary alicyclic amines) is 1. The fraction of sp³-hybridized carbons (Fsp3) is 0.652. The highest BCUT2D eigenvalue weighted by atomic mass is 127. The van der Waals surface area contributed by atoms with Gasteiger partial charge in [0.25, 0.3) is 0 Å². The predicted octanol–water partition coefficient (Wildman–Crippen LogP) is 3.21. The van der Waals surface area contributed by atoms with E-state index in [4.69, 9.17) is 0 Å². The minimum Gasteiger partial charge on any atom is -0.356 e. The molecule has 2 heterocycles. The predicted molar refractivity (Wildman–Crippen MR) is 134 cm³/mol. The van der Waals surface area contributed by atoms with E-state index in [0.717, 1.165) is 57.4 Å². The first kappa shape index (κ1) is 24.9. The summed E-state index contributed by atoms with van der Waals surface area (Å²) in [6, 6.07) is 8.32. The lowest BCUT2D eigenvalue weighted by atomic mass is 9.99. The number of amides is 1. The van der Waals surface area contributed by atoms with Crippen molar-refractivity contribution in [1.29, 1.82) is 0 Å². The molecule has 2 N–H and O–H groups in total. The summed E-state index contributed by atoms with van der Waals surface area (Å²) in [6.07, 6.45) is 5.19. The van der Waals surface area contributed by atoms with Gasteiger partial charge in [0.2, 0.25) is 5.91 Å². The van der Waals surface area contributed by atoms with Crippen molar-refractivity contribution in [2.75, 3.05) is 39.8 Å². The average molecular weight is 527 g/mol. The monoisotopic (exact) mass is 527 g/mol. The van der Waals surface area contributed by atoms with E-state index in [0.29, 0.717) is 6.42 Å². The molecule has 3 rings (SSSR count). The van der Waals surface area contributed by atoms with Crippen LogP contribution >= 0.6 is 24.0 Å². The zero-order valence-electron chi connectivity index (χ0n) is 18.5. The van der Waals surface area contributed by atoms with Crippen molar-refractivity contribution < 1.29 is 4.79 Å². The van der Waals surface area contributed by atoms with E-state index < -0.39 is 0 Å². The van der Waals surface area contributed by atoms with Gasteiger partial charge in [-0.1, -0.05) is 31.2 Å². The zero-order valence-corrected chi connectivity index (χ0v) is 20.9. The van der Waals surface area contributed by atoms with Crippen LogP contribution < -0.4 is 10.6 Å². The summed E-state index contributed by atoms with van der Waals surface area (Å²) in [6.45, 7) is 9.18. The molecule has 0 aromatic heterocycles. The van der Waals surface area contributed by atoms with Crippen molar-refractivity contribution >= 4 is 35.8 Å². The summed E-state index contributed by atoms with van der Waals surface area (Å²) in [5.74, 6) is 1.96. The number of piperidine rings is 1. The lowest BCUT2D eigenvalue weighted by Gasteiger charge is -2.30. The van der Waals surface area contributed by atoms with E-state index in [1.54, 1.807) is 7.05 Å². The standard InChI is InChI=1S/C23H37N5O.HI/c1-19-10-15-27(16-11-19)14-6-13-26-23(24-2)25-12-5-9-22(29)28-17-20-7-3-4-8-21(20)18-28;/h3-4,7-8,19H,5-6,9-18H2,1-2H3,(H2,24,25,26);1H. The number of carbonyl (C=O) groups is 1. The Morgan fingerprint density at radius 2 is 1.67 bits per heavy atom. The van der Waals surface area contributed by atoms with Crippen molar-refractivity contribution in [1.82, 2.24) is 20.4 Å². The largest absolute Gasteiger partial charge is 0.356 e. The number of rotatable bonds is 8. The van der Waals surface area contributed by atoms with Gasteiger partial charge in [-0.05, 0) is 62.4 Å². The number of guanidine groups is 1. The first-order valence-corrected chi connectivity index (χ1v) is 11.2. The molecule has 7 heteroatoms. The number of nitrogens with zero attached hydrogens (tertiary/aromatic N) is 3. The van der Waals surface area contributed by atoms with Crippen molar-refractivity contribution in [2.45, 2.75) is 52.1 Å². The number of carbonyl (C=O) groups excluding carboxylic acids is 1. The molecular formula is C23H38IN5O. The van der Waals surface area contributed by atoms with Crippen LogP contribution in [-0.2, 0) is 17.9 Å². The fourth-order valence-corrected chi connectivity index (χ4v) is 4.13. The van der Waals surface area contributed by atoms with Crippen LogP contribution in [0.4, 0.5) is 0 Å². The fourth-order valence-electron chi connectivity index (χ4n) is 4.13. The summed E-state index contributed by atoms with van der Waals surface area (Å²) >= 11 is 0. The Kier molecular flexibility index (Phi) is 10.9. The first-order chi connectivity index (χ1) is 14.2. The van der Waals surface area contributed by atoms with Gasteiger partial charge in [-0.25, -0.2) is 0 Å². The van der Waals surface area contributed by atoms with Gasteiger partial charge >= 0.3 is 0 Å². The van der Waals surface area contributed by atoms with Crippen LogP contribution in [-0.4, -0.2) is 61.4 Å². The van der Waals surface area contributed by atoms with E-state index >= 15 is 0 Å². The van der Waals surface area contributed by atoms with Gasteiger partial charge in [0.05, 0.1) is 0 Å². The number of hydrogen-bond donors (Lipinski definition) is 2. The highest BCUT2D eigenvalue weighted by Gasteiger charge is 2.22. The summed E-state index contributed by atoms with van der Waals surface area (Å²) < 4.78 is 0. The quantitative estimate of drug-likeness (QED) is 0.236. The maximum Gasteiger partial charge on any atom is 0.223 e. The minimum atomic E-state index is 0. The molecule has 2 aliphatic rings.